The number of esters is 1. The second-order valence-corrected chi connectivity index (χ2v) is 5.88. The zero-order valence-corrected chi connectivity index (χ0v) is 13.1. The number of carbonyl (C=O) groups is 1. The fraction of sp³-hybridized carbons (Fsp3) is 0.692. The molecule has 0 aliphatic carbocycles. The number of anilines is 2. The van der Waals surface area contributed by atoms with Crippen molar-refractivity contribution in [3.8, 4) is 0 Å². The third kappa shape index (κ3) is 3.04. The Bertz CT molecular complexity index is 477. The number of ether oxygens (including phenoxy) is 1. The standard InChI is InChI=1S/C13H22N4O2S/c1-4-19-13(18)10-11(14)15-20-12(10)17-7-5-6-16(3)8-9(17)2/h9H,4-8H2,1-3H3,(H2,14,15). The summed E-state index contributed by atoms with van der Waals surface area (Å²) in [5.41, 5.74) is 6.28. The van der Waals surface area contributed by atoms with E-state index >= 15 is 0 Å². The molecule has 1 atom stereocenters. The van der Waals surface area contributed by atoms with Crippen molar-refractivity contribution < 1.29 is 9.53 Å². The Balaban J connectivity index is 2.30. The van der Waals surface area contributed by atoms with Crippen LogP contribution in [0, 0.1) is 0 Å². The van der Waals surface area contributed by atoms with E-state index in [2.05, 4.69) is 28.1 Å². The maximum absolute atomic E-state index is 12.1. The highest BCUT2D eigenvalue weighted by molar-refractivity contribution is 7.11. The monoisotopic (exact) mass is 298 g/mol. The van der Waals surface area contributed by atoms with E-state index in [9.17, 15) is 4.79 Å². The molecule has 1 aliphatic rings. The minimum atomic E-state index is -0.376. The minimum absolute atomic E-state index is 0.272. The summed E-state index contributed by atoms with van der Waals surface area (Å²) in [6.45, 7) is 7.21. The summed E-state index contributed by atoms with van der Waals surface area (Å²) >= 11 is 1.28. The molecule has 1 saturated heterocycles. The molecular weight excluding hydrogens is 276 g/mol. The van der Waals surface area contributed by atoms with E-state index in [4.69, 9.17) is 10.5 Å². The molecule has 6 nitrogen and oxygen atoms in total. The highest BCUT2D eigenvalue weighted by Gasteiger charge is 2.28. The van der Waals surface area contributed by atoms with Crippen LogP contribution < -0.4 is 10.6 Å². The lowest BCUT2D eigenvalue weighted by atomic mass is 10.2. The van der Waals surface area contributed by atoms with Crippen LogP contribution in [0.2, 0.25) is 0 Å². The van der Waals surface area contributed by atoms with Gasteiger partial charge in [0.05, 0.1) is 6.61 Å². The predicted octanol–water partition coefficient (Wildman–Crippen LogP) is 1.43. The number of aromatic nitrogens is 1. The molecule has 20 heavy (non-hydrogen) atoms. The summed E-state index contributed by atoms with van der Waals surface area (Å²) in [4.78, 5) is 16.6. The van der Waals surface area contributed by atoms with Crippen molar-refractivity contribution in [2.24, 2.45) is 0 Å². The highest BCUT2D eigenvalue weighted by atomic mass is 32.1. The molecule has 0 bridgehead atoms. The van der Waals surface area contributed by atoms with E-state index in [1.807, 2.05) is 0 Å². The first kappa shape index (κ1) is 15.1. The summed E-state index contributed by atoms with van der Waals surface area (Å²) in [5, 5.41) is 0.837. The Morgan fingerprint density at radius 1 is 1.55 bits per heavy atom. The number of nitrogens with zero attached hydrogens (tertiary/aromatic N) is 3. The zero-order chi connectivity index (χ0) is 14.7. The van der Waals surface area contributed by atoms with Gasteiger partial charge in [0, 0.05) is 19.1 Å². The normalized spacial score (nSPS) is 20.8. The summed E-state index contributed by atoms with van der Waals surface area (Å²) in [5.74, 6) is -0.105. The number of likely N-dealkylation sites (N-methyl/N-ethyl adjacent to an activating group) is 1. The average Bonchev–Trinajstić information content (AvgIpc) is 2.67. The van der Waals surface area contributed by atoms with E-state index in [1.165, 1.54) is 11.5 Å². The van der Waals surface area contributed by atoms with Crippen molar-refractivity contribution in [2.75, 3.05) is 43.9 Å². The van der Waals surface area contributed by atoms with E-state index in [-0.39, 0.29) is 11.8 Å². The maximum atomic E-state index is 12.1. The Kier molecular flexibility index (Phi) is 4.82. The van der Waals surface area contributed by atoms with Gasteiger partial charge in [-0.3, -0.25) is 0 Å². The third-order valence-electron chi connectivity index (χ3n) is 3.49. The molecule has 2 heterocycles. The maximum Gasteiger partial charge on any atom is 0.345 e. The molecule has 1 aromatic heterocycles. The van der Waals surface area contributed by atoms with Gasteiger partial charge in [-0.2, -0.15) is 4.37 Å². The van der Waals surface area contributed by atoms with Gasteiger partial charge in [-0.1, -0.05) is 0 Å². The van der Waals surface area contributed by atoms with Gasteiger partial charge in [0.15, 0.2) is 5.82 Å². The summed E-state index contributed by atoms with van der Waals surface area (Å²) in [6.07, 6.45) is 1.06. The van der Waals surface area contributed by atoms with Gasteiger partial charge in [-0.05, 0) is 45.4 Å². The Hall–Kier alpha value is -1.34. The molecule has 0 amide bonds. The predicted molar refractivity (Wildman–Crippen MR) is 81.4 cm³/mol. The fourth-order valence-electron chi connectivity index (χ4n) is 2.56. The first-order valence-corrected chi connectivity index (χ1v) is 7.69. The second kappa shape index (κ2) is 6.41. The van der Waals surface area contributed by atoms with E-state index in [0.717, 1.165) is 31.1 Å². The van der Waals surface area contributed by atoms with Crippen LogP contribution in [0.1, 0.15) is 30.6 Å². The van der Waals surface area contributed by atoms with Crippen LogP contribution in [0.3, 0.4) is 0 Å². The number of rotatable bonds is 3. The minimum Gasteiger partial charge on any atom is -0.462 e. The van der Waals surface area contributed by atoms with E-state index in [0.29, 0.717) is 18.2 Å². The average molecular weight is 298 g/mol. The van der Waals surface area contributed by atoms with Crippen LogP contribution in [0.4, 0.5) is 10.8 Å². The van der Waals surface area contributed by atoms with Crippen molar-refractivity contribution in [2.45, 2.75) is 26.3 Å². The Morgan fingerprint density at radius 2 is 2.30 bits per heavy atom. The van der Waals surface area contributed by atoms with Crippen molar-refractivity contribution >= 4 is 28.3 Å². The molecule has 2 rings (SSSR count). The van der Waals surface area contributed by atoms with Crippen LogP contribution in [-0.2, 0) is 4.74 Å². The second-order valence-electron chi connectivity index (χ2n) is 5.13. The van der Waals surface area contributed by atoms with Crippen molar-refractivity contribution in [3.63, 3.8) is 0 Å². The number of nitrogen functional groups attached to an aromatic ring is 1. The molecule has 1 aromatic rings. The molecule has 0 radical (unpaired) electrons. The Morgan fingerprint density at radius 3 is 3.00 bits per heavy atom. The molecule has 0 spiro atoms. The van der Waals surface area contributed by atoms with Crippen molar-refractivity contribution in [1.82, 2.24) is 9.27 Å². The van der Waals surface area contributed by atoms with Gasteiger partial charge < -0.3 is 20.3 Å². The molecule has 0 aromatic carbocycles. The van der Waals surface area contributed by atoms with Gasteiger partial charge >= 0.3 is 5.97 Å². The van der Waals surface area contributed by atoms with Crippen LogP contribution in [0.25, 0.3) is 0 Å². The van der Waals surface area contributed by atoms with Crippen LogP contribution in [0.5, 0.6) is 0 Å². The molecule has 112 valence electrons. The van der Waals surface area contributed by atoms with Gasteiger partial charge in [-0.25, -0.2) is 4.79 Å². The van der Waals surface area contributed by atoms with Gasteiger partial charge in [0.1, 0.15) is 10.6 Å². The Labute approximate surface area is 123 Å². The number of nitrogens with two attached hydrogens (primary N) is 1. The van der Waals surface area contributed by atoms with E-state index < -0.39 is 0 Å². The number of carbonyl (C=O) groups excluding carboxylic acids is 1. The molecule has 7 heteroatoms. The number of hydrogen-bond donors (Lipinski definition) is 1. The molecule has 2 N–H and O–H groups in total. The van der Waals surface area contributed by atoms with Gasteiger partial charge in [0.2, 0.25) is 0 Å². The SMILES string of the molecule is CCOC(=O)c1c(N)nsc1N1CCCN(C)CC1C. The lowest BCUT2D eigenvalue weighted by Crippen LogP contribution is -2.38. The first-order valence-electron chi connectivity index (χ1n) is 6.92. The highest BCUT2D eigenvalue weighted by Crippen LogP contribution is 2.33. The first-order chi connectivity index (χ1) is 9.54. The largest absolute Gasteiger partial charge is 0.462 e. The topological polar surface area (TPSA) is 71.7 Å². The van der Waals surface area contributed by atoms with Crippen molar-refractivity contribution in [3.05, 3.63) is 5.56 Å². The van der Waals surface area contributed by atoms with Crippen LogP contribution >= 0.6 is 11.5 Å². The smallest absolute Gasteiger partial charge is 0.345 e. The van der Waals surface area contributed by atoms with Crippen LogP contribution in [-0.4, -0.2) is 54.6 Å². The quantitative estimate of drug-likeness (QED) is 0.851. The van der Waals surface area contributed by atoms with Crippen LogP contribution in [0.15, 0.2) is 0 Å². The summed E-state index contributed by atoms with van der Waals surface area (Å²) in [6, 6.07) is 0.315. The lowest BCUT2D eigenvalue weighted by molar-refractivity contribution is 0.0528. The van der Waals surface area contributed by atoms with E-state index in [1.54, 1.807) is 6.92 Å². The van der Waals surface area contributed by atoms with Crippen molar-refractivity contribution in [1.29, 1.82) is 0 Å². The van der Waals surface area contributed by atoms with Gasteiger partial charge in [0.25, 0.3) is 0 Å². The summed E-state index contributed by atoms with van der Waals surface area (Å²) in [7, 11) is 2.12. The summed E-state index contributed by atoms with van der Waals surface area (Å²) < 4.78 is 9.24. The molecule has 1 aliphatic heterocycles. The molecule has 0 saturated carbocycles. The lowest BCUT2D eigenvalue weighted by Gasteiger charge is -2.29. The zero-order valence-electron chi connectivity index (χ0n) is 12.3. The fourth-order valence-corrected chi connectivity index (χ4v) is 3.49. The van der Waals surface area contributed by atoms with Gasteiger partial charge in [-0.15, -0.1) is 0 Å². The molecular formula is C13H22N4O2S. The number of hydrogen-bond acceptors (Lipinski definition) is 7. The molecule has 1 unspecified atom stereocenters. The third-order valence-corrected chi connectivity index (χ3v) is 4.39. The molecule has 1 fully saturated rings.